The molecule has 33 heavy (non-hydrogen) atoms. The van der Waals surface area contributed by atoms with E-state index in [4.69, 9.17) is 4.74 Å². The number of hydrogen-bond acceptors (Lipinski definition) is 5. The van der Waals surface area contributed by atoms with Gasteiger partial charge in [0.15, 0.2) is 5.54 Å². The van der Waals surface area contributed by atoms with Gasteiger partial charge in [-0.25, -0.2) is 4.39 Å². The van der Waals surface area contributed by atoms with Crippen molar-refractivity contribution in [2.24, 2.45) is 0 Å². The summed E-state index contributed by atoms with van der Waals surface area (Å²) in [6, 6.07) is 10.7. The molecule has 2 heterocycles. The number of halogens is 1. The van der Waals surface area contributed by atoms with E-state index in [-0.39, 0.29) is 25.3 Å². The predicted octanol–water partition coefficient (Wildman–Crippen LogP) is 2.89. The van der Waals surface area contributed by atoms with Crippen molar-refractivity contribution in [2.75, 3.05) is 31.7 Å². The minimum atomic E-state index is -1.91. The van der Waals surface area contributed by atoms with Crippen LogP contribution in [0.4, 0.5) is 10.1 Å². The van der Waals surface area contributed by atoms with Crippen LogP contribution in [0, 0.1) is 12.7 Å². The average Bonchev–Trinajstić information content (AvgIpc) is 3.18. The molecule has 0 radical (unpaired) electrons. The highest BCUT2D eigenvalue weighted by Gasteiger charge is 2.66. The highest BCUT2D eigenvalue weighted by Crippen LogP contribution is 2.53. The van der Waals surface area contributed by atoms with Crippen LogP contribution >= 0.6 is 0 Å². The first kappa shape index (κ1) is 22.4. The normalized spacial score (nSPS) is 21.2. The molecule has 2 aliphatic heterocycles. The lowest BCUT2D eigenvalue weighted by atomic mass is 9.82. The van der Waals surface area contributed by atoms with E-state index in [0.29, 0.717) is 16.8 Å². The van der Waals surface area contributed by atoms with Gasteiger partial charge < -0.3 is 19.6 Å². The van der Waals surface area contributed by atoms with Gasteiger partial charge in [-0.05, 0) is 24.6 Å². The number of amides is 2. The fourth-order valence-corrected chi connectivity index (χ4v) is 4.54. The molecule has 1 spiro atoms. The summed E-state index contributed by atoms with van der Waals surface area (Å²) in [7, 11) is 1.44. The molecule has 8 heteroatoms. The van der Waals surface area contributed by atoms with Gasteiger partial charge >= 0.3 is 0 Å². The molecule has 0 saturated carbocycles. The van der Waals surface area contributed by atoms with E-state index in [1.165, 1.54) is 30.2 Å². The van der Waals surface area contributed by atoms with Gasteiger partial charge in [0.2, 0.25) is 0 Å². The average molecular weight is 450 g/mol. The molecule has 1 unspecified atom stereocenters. The maximum absolute atomic E-state index is 14.3. The van der Waals surface area contributed by atoms with Gasteiger partial charge in [-0.1, -0.05) is 36.4 Å². The Morgan fingerprint density at radius 1 is 1.21 bits per heavy atom. The molecular weight excluding hydrogens is 427 g/mol. The summed E-state index contributed by atoms with van der Waals surface area (Å²) in [6.07, 6.45) is 1.53. The topological polar surface area (TPSA) is 87.2 Å². The van der Waals surface area contributed by atoms with Crippen molar-refractivity contribution < 1.29 is 28.6 Å². The van der Waals surface area contributed by atoms with E-state index in [1.807, 2.05) is 0 Å². The molecule has 2 aromatic rings. The monoisotopic (exact) mass is 450 g/mol. The molecule has 7 nitrogen and oxygen atoms in total. The SMILES string of the molecule is C=CCN1C(=O)C2(/C(=C(/O)c3ccc(C)c(F)c3)C(=O)C(=O)N2CCOC)c2ccccc21. The number of benzene rings is 2. The lowest BCUT2D eigenvalue weighted by Gasteiger charge is -2.34. The van der Waals surface area contributed by atoms with Crippen molar-refractivity contribution in [3.63, 3.8) is 0 Å². The Bertz CT molecular complexity index is 1220. The molecule has 2 aliphatic rings. The number of carbonyl (C=O) groups excluding carboxylic acids is 3. The van der Waals surface area contributed by atoms with E-state index in [9.17, 15) is 23.9 Å². The molecule has 2 amide bonds. The van der Waals surface area contributed by atoms with Gasteiger partial charge in [0.05, 0.1) is 17.9 Å². The van der Waals surface area contributed by atoms with Crippen LogP contribution in [0.1, 0.15) is 16.7 Å². The fraction of sp³-hybridized carbons (Fsp3) is 0.240. The minimum absolute atomic E-state index is 0.00494. The lowest BCUT2D eigenvalue weighted by molar-refractivity contribution is -0.144. The number of likely N-dealkylation sites (tertiary alicyclic amines) is 1. The van der Waals surface area contributed by atoms with Crippen molar-refractivity contribution >= 4 is 29.0 Å². The maximum atomic E-state index is 14.3. The molecule has 1 atom stereocenters. The number of carbonyl (C=O) groups is 3. The standard InChI is InChI=1S/C25H23FN2O5/c1-4-11-27-19-8-6-5-7-17(19)25(24(27)32)20(22(30)23(31)28(25)12-13-33-3)21(29)16-10-9-15(2)18(26)14-16/h4-10,14,29H,1,11-13H2,2-3H3/b21-20+. The van der Waals surface area contributed by atoms with Crippen LogP contribution in [0.2, 0.25) is 0 Å². The molecule has 2 aromatic carbocycles. The minimum Gasteiger partial charge on any atom is -0.507 e. The van der Waals surface area contributed by atoms with Gasteiger partial charge in [0.25, 0.3) is 17.6 Å². The highest BCUT2D eigenvalue weighted by atomic mass is 19.1. The molecule has 1 N–H and O–H groups in total. The van der Waals surface area contributed by atoms with Crippen molar-refractivity contribution in [2.45, 2.75) is 12.5 Å². The molecule has 170 valence electrons. The maximum Gasteiger partial charge on any atom is 0.296 e. The number of aliphatic hydroxyl groups excluding tert-OH is 1. The Balaban J connectivity index is 2.07. The Morgan fingerprint density at radius 3 is 2.61 bits per heavy atom. The predicted molar refractivity (Wildman–Crippen MR) is 120 cm³/mol. The van der Waals surface area contributed by atoms with E-state index in [0.717, 1.165) is 11.0 Å². The molecule has 0 aromatic heterocycles. The summed E-state index contributed by atoms with van der Waals surface area (Å²) >= 11 is 0. The van der Waals surface area contributed by atoms with E-state index in [2.05, 4.69) is 6.58 Å². The molecule has 0 bridgehead atoms. The Kier molecular flexibility index (Phi) is 5.63. The van der Waals surface area contributed by atoms with Crippen LogP contribution in [-0.2, 0) is 24.7 Å². The van der Waals surface area contributed by atoms with Crippen molar-refractivity contribution in [3.8, 4) is 0 Å². The number of Topliss-reactive ketones (excluding diaryl/α,β-unsaturated/α-hetero) is 1. The second kappa shape index (κ2) is 8.29. The Hall–Kier alpha value is -3.78. The zero-order valence-electron chi connectivity index (χ0n) is 18.3. The zero-order valence-corrected chi connectivity index (χ0v) is 18.3. The van der Waals surface area contributed by atoms with Crippen LogP contribution in [0.5, 0.6) is 0 Å². The van der Waals surface area contributed by atoms with Crippen molar-refractivity contribution in [1.82, 2.24) is 4.90 Å². The second-order valence-electron chi connectivity index (χ2n) is 7.90. The number of aryl methyl sites for hydroxylation is 1. The Labute approximate surface area is 190 Å². The van der Waals surface area contributed by atoms with E-state index >= 15 is 0 Å². The van der Waals surface area contributed by atoms with Gasteiger partial charge in [0, 0.05) is 31.3 Å². The van der Waals surface area contributed by atoms with Crippen LogP contribution in [0.25, 0.3) is 5.76 Å². The number of nitrogens with zero attached hydrogens (tertiary/aromatic N) is 2. The third-order valence-electron chi connectivity index (χ3n) is 6.09. The van der Waals surface area contributed by atoms with Gasteiger partial charge in [-0.15, -0.1) is 6.58 Å². The van der Waals surface area contributed by atoms with E-state index < -0.39 is 40.3 Å². The second-order valence-corrected chi connectivity index (χ2v) is 7.90. The quantitative estimate of drug-likeness (QED) is 0.317. The van der Waals surface area contributed by atoms with E-state index in [1.54, 1.807) is 31.2 Å². The number of anilines is 1. The first-order valence-corrected chi connectivity index (χ1v) is 10.4. The molecule has 1 fully saturated rings. The Morgan fingerprint density at radius 2 is 1.94 bits per heavy atom. The lowest BCUT2D eigenvalue weighted by Crippen LogP contribution is -2.52. The molecule has 1 saturated heterocycles. The highest BCUT2D eigenvalue weighted by molar-refractivity contribution is 6.50. The van der Waals surface area contributed by atoms with Crippen LogP contribution < -0.4 is 4.90 Å². The summed E-state index contributed by atoms with van der Waals surface area (Å²) in [5.74, 6) is -3.74. The van der Waals surface area contributed by atoms with Crippen molar-refractivity contribution in [1.29, 1.82) is 0 Å². The number of hydrogen-bond donors (Lipinski definition) is 1. The molecule has 4 rings (SSSR count). The zero-order chi connectivity index (χ0) is 23.9. The molecule has 0 aliphatic carbocycles. The third kappa shape index (κ3) is 3.09. The van der Waals surface area contributed by atoms with Crippen molar-refractivity contribution in [3.05, 3.63) is 83.2 Å². The smallest absolute Gasteiger partial charge is 0.296 e. The number of ether oxygens (including phenoxy) is 1. The number of aliphatic hydroxyl groups is 1. The van der Waals surface area contributed by atoms with Crippen LogP contribution in [0.15, 0.2) is 60.7 Å². The third-order valence-corrected chi connectivity index (χ3v) is 6.09. The number of rotatable bonds is 6. The summed E-state index contributed by atoms with van der Waals surface area (Å²) in [5, 5.41) is 11.2. The number of methoxy groups -OCH3 is 1. The summed E-state index contributed by atoms with van der Waals surface area (Å²) in [4.78, 5) is 43.0. The summed E-state index contributed by atoms with van der Waals surface area (Å²) in [5.41, 5.74) is -1.08. The van der Waals surface area contributed by atoms with Crippen LogP contribution in [0.3, 0.4) is 0 Å². The largest absolute Gasteiger partial charge is 0.507 e. The van der Waals surface area contributed by atoms with Gasteiger partial charge in [-0.3, -0.25) is 14.4 Å². The van der Waals surface area contributed by atoms with Crippen LogP contribution in [-0.4, -0.2) is 54.4 Å². The number of ketones is 1. The fourth-order valence-electron chi connectivity index (χ4n) is 4.54. The van der Waals surface area contributed by atoms with Gasteiger partial charge in [0.1, 0.15) is 11.6 Å². The number of para-hydroxylation sites is 1. The number of fused-ring (bicyclic) bond motifs is 2. The summed E-state index contributed by atoms with van der Waals surface area (Å²) < 4.78 is 19.4. The first-order chi connectivity index (χ1) is 15.8. The summed E-state index contributed by atoms with van der Waals surface area (Å²) in [6.45, 7) is 5.38. The molecular formula is C25H23FN2O5. The van der Waals surface area contributed by atoms with Gasteiger partial charge in [-0.2, -0.15) is 0 Å². The first-order valence-electron chi connectivity index (χ1n) is 10.4.